The molecule has 0 atom stereocenters. The molecular weight excluding hydrogens is 352 g/mol. The molecule has 1 aromatic heterocycles. The number of aromatic hydroxyl groups is 1. The van der Waals surface area contributed by atoms with Crippen LogP contribution in [0.15, 0.2) is 59.0 Å². The lowest BCUT2D eigenvalue weighted by atomic mass is 10.0. The predicted molar refractivity (Wildman–Crippen MR) is 102 cm³/mol. The lowest BCUT2D eigenvalue weighted by Gasteiger charge is -2.04. The van der Waals surface area contributed by atoms with Gasteiger partial charge in [0, 0.05) is 26.7 Å². The summed E-state index contributed by atoms with van der Waals surface area (Å²) in [6.45, 7) is 1.99. The molecule has 0 radical (unpaired) electrons. The molecule has 4 nitrogen and oxygen atoms in total. The van der Waals surface area contributed by atoms with Crippen LogP contribution in [0.4, 0.5) is 0 Å². The molecular formula is C21H15ClO4. The van der Waals surface area contributed by atoms with E-state index in [0.29, 0.717) is 38.3 Å². The van der Waals surface area contributed by atoms with Crippen LogP contribution in [0.25, 0.3) is 33.1 Å². The largest absolute Gasteiger partial charge is 0.507 e. The van der Waals surface area contributed by atoms with E-state index in [9.17, 15) is 9.90 Å². The van der Waals surface area contributed by atoms with Crippen molar-refractivity contribution < 1.29 is 19.1 Å². The summed E-state index contributed by atoms with van der Waals surface area (Å²) in [7, 11) is 0. The third-order valence-electron chi connectivity index (χ3n) is 4.26. The molecule has 0 aliphatic heterocycles. The number of benzene rings is 3. The molecule has 0 unspecified atom stereocenters. The van der Waals surface area contributed by atoms with Gasteiger partial charge in [0.2, 0.25) is 0 Å². The average molecular weight is 367 g/mol. The molecule has 3 aromatic carbocycles. The highest BCUT2D eigenvalue weighted by molar-refractivity contribution is 6.30. The van der Waals surface area contributed by atoms with Crippen LogP contribution < -0.4 is 0 Å². The van der Waals surface area contributed by atoms with Crippen molar-refractivity contribution in [1.82, 2.24) is 0 Å². The Kier molecular flexibility index (Phi) is 4.05. The quantitative estimate of drug-likeness (QED) is 0.466. The molecule has 0 aliphatic carbocycles. The second kappa shape index (κ2) is 6.39. The topological polar surface area (TPSA) is 59.7 Å². The van der Waals surface area contributed by atoms with Gasteiger partial charge in [-0.05, 0) is 37.3 Å². The number of esters is 1. The van der Waals surface area contributed by atoms with Crippen molar-refractivity contribution in [2.75, 3.05) is 6.61 Å². The van der Waals surface area contributed by atoms with Gasteiger partial charge in [-0.15, -0.1) is 0 Å². The lowest BCUT2D eigenvalue weighted by molar-refractivity contribution is 0.0529. The van der Waals surface area contributed by atoms with E-state index in [-0.39, 0.29) is 12.4 Å². The van der Waals surface area contributed by atoms with E-state index in [2.05, 4.69) is 0 Å². The molecule has 5 heteroatoms. The summed E-state index contributed by atoms with van der Waals surface area (Å²) >= 11 is 5.97. The van der Waals surface area contributed by atoms with Crippen molar-refractivity contribution in [3.05, 3.63) is 65.2 Å². The second-order valence-corrected chi connectivity index (χ2v) is 6.29. The summed E-state index contributed by atoms with van der Waals surface area (Å²) in [6.07, 6.45) is 0. The van der Waals surface area contributed by atoms with Crippen molar-refractivity contribution in [1.29, 1.82) is 0 Å². The van der Waals surface area contributed by atoms with Crippen LogP contribution in [0.3, 0.4) is 0 Å². The first kappa shape index (κ1) is 16.5. The van der Waals surface area contributed by atoms with Crippen LogP contribution in [0, 0.1) is 0 Å². The van der Waals surface area contributed by atoms with Crippen molar-refractivity contribution in [2.45, 2.75) is 6.92 Å². The number of hydrogen-bond donors (Lipinski definition) is 1. The number of carbonyl (C=O) groups excluding carboxylic acids is 1. The van der Waals surface area contributed by atoms with Crippen LogP contribution in [0.1, 0.15) is 17.3 Å². The Labute approximate surface area is 154 Å². The average Bonchev–Trinajstić information content (AvgIpc) is 3.02. The third-order valence-corrected chi connectivity index (χ3v) is 4.51. The van der Waals surface area contributed by atoms with Gasteiger partial charge in [0.1, 0.15) is 22.7 Å². The Morgan fingerprint density at radius 2 is 1.77 bits per heavy atom. The fourth-order valence-corrected chi connectivity index (χ4v) is 3.24. The van der Waals surface area contributed by atoms with Crippen LogP contribution in [0.2, 0.25) is 5.02 Å². The van der Waals surface area contributed by atoms with Gasteiger partial charge >= 0.3 is 5.97 Å². The summed E-state index contributed by atoms with van der Waals surface area (Å²) in [4.78, 5) is 12.6. The Hall–Kier alpha value is -2.98. The molecule has 0 aliphatic rings. The lowest BCUT2D eigenvalue weighted by Crippen LogP contribution is -2.05. The molecule has 1 heterocycles. The van der Waals surface area contributed by atoms with Gasteiger partial charge in [0.25, 0.3) is 0 Å². The minimum Gasteiger partial charge on any atom is -0.507 e. The summed E-state index contributed by atoms with van der Waals surface area (Å²) < 4.78 is 11.3. The van der Waals surface area contributed by atoms with Gasteiger partial charge in [0.15, 0.2) is 0 Å². The standard InChI is InChI=1S/C21H15ClO4/c1-2-25-21(24)18-16-11-17(23)14-5-3-4-6-15(14)20(16)26-19(18)12-7-9-13(22)10-8-12/h3-11,23H,2H2,1H3. The highest BCUT2D eigenvalue weighted by Crippen LogP contribution is 2.41. The van der Waals surface area contributed by atoms with Crippen LogP contribution >= 0.6 is 11.6 Å². The fraction of sp³-hybridized carbons (Fsp3) is 0.0952. The maximum absolute atomic E-state index is 12.6. The molecule has 0 bridgehead atoms. The molecule has 4 aromatic rings. The molecule has 4 rings (SSSR count). The zero-order valence-corrected chi connectivity index (χ0v) is 14.7. The zero-order valence-electron chi connectivity index (χ0n) is 14.0. The SMILES string of the molecule is CCOC(=O)c1c(-c2ccc(Cl)cc2)oc2c1cc(O)c1ccccc12. The summed E-state index contributed by atoms with van der Waals surface area (Å²) in [6, 6.07) is 15.9. The first-order valence-electron chi connectivity index (χ1n) is 8.20. The van der Waals surface area contributed by atoms with E-state index in [0.717, 1.165) is 5.39 Å². The summed E-state index contributed by atoms with van der Waals surface area (Å²) in [5.41, 5.74) is 1.54. The van der Waals surface area contributed by atoms with Crippen LogP contribution in [-0.4, -0.2) is 17.7 Å². The minimum atomic E-state index is -0.495. The highest BCUT2D eigenvalue weighted by atomic mass is 35.5. The molecule has 130 valence electrons. The van der Waals surface area contributed by atoms with Crippen molar-refractivity contribution in [3.8, 4) is 17.1 Å². The number of ether oxygens (including phenoxy) is 1. The number of fused-ring (bicyclic) bond motifs is 3. The van der Waals surface area contributed by atoms with Crippen LogP contribution in [0.5, 0.6) is 5.75 Å². The summed E-state index contributed by atoms with van der Waals surface area (Å²) in [5.74, 6) is -0.0149. The monoisotopic (exact) mass is 366 g/mol. The number of halogens is 1. The molecule has 0 saturated carbocycles. The van der Waals surface area contributed by atoms with Crippen molar-refractivity contribution in [3.63, 3.8) is 0 Å². The van der Waals surface area contributed by atoms with E-state index in [4.69, 9.17) is 20.8 Å². The highest BCUT2D eigenvalue weighted by Gasteiger charge is 2.25. The third kappa shape index (κ3) is 2.59. The Balaban J connectivity index is 2.10. The Morgan fingerprint density at radius 1 is 1.08 bits per heavy atom. The number of rotatable bonds is 3. The van der Waals surface area contributed by atoms with E-state index >= 15 is 0 Å². The van der Waals surface area contributed by atoms with E-state index in [1.54, 1.807) is 43.3 Å². The molecule has 0 amide bonds. The number of furan rings is 1. The predicted octanol–water partition coefficient (Wildman–Crippen LogP) is 5.79. The van der Waals surface area contributed by atoms with Gasteiger partial charge in [-0.1, -0.05) is 35.9 Å². The van der Waals surface area contributed by atoms with E-state index < -0.39 is 5.97 Å². The first-order chi connectivity index (χ1) is 12.6. The minimum absolute atomic E-state index is 0.0853. The van der Waals surface area contributed by atoms with E-state index in [1.807, 2.05) is 18.2 Å². The maximum Gasteiger partial charge on any atom is 0.342 e. The fourth-order valence-electron chi connectivity index (χ4n) is 3.11. The second-order valence-electron chi connectivity index (χ2n) is 5.85. The molecule has 0 fully saturated rings. The molecule has 0 spiro atoms. The molecule has 0 saturated heterocycles. The van der Waals surface area contributed by atoms with Gasteiger partial charge in [0.05, 0.1) is 6.61 Å². The normalized spacial score (nSPS) is 11.2. The number of hydrogen-bond acceptors (Lipinski definition) is 4. The number of phenolic OH excluding ortho intramolecular Hbond substituents is 1. The Morgan fingerprint density at radius 3 is 2.46 bits per heavy atom. The Bertz CT molecular complexity index is 1130. The number of phenols is 1. The van der Waals surface area contributed by atoms with Gasteiger partial charge < -0.3 is 14.3 Å². The first-order valence-corrected chi connectivity index (χ1v) is 8.58. The van der Waals surface area contributed by atoms with Crippen molar-refractivity contribution in [2.24, 2.45) is 0 Å². The smallest absolute Gasteiger partial charge is 0.342 e. The zero-order chi connectivity index (χ0) is 18.3. The van der Waals surface area contributed by atoms with Crippen LogP contribution in [-0.2, 0) is 4.74 Å². The number of carbonyl (C=O) groups is 1. The van der Waals surface area contributed by atoms with Gasteiger partial charge in [-0.2, -0.15) is 0 Å². The molecule has 1 N–H and O–H groups in total. The maximum atomic E-state index is 12.6. The van der Waals surface area contributed by atoms with Gasteiger partial charge in [-0.3, -0.25) is 0 Å². The summed E-state index contributed by atoms with van der Waals surface area (Å²) in [5, 5.41) is 12.9. The van der Waals surface area contributed by atoms with Crippen molar-refractivity contribution >= 4 is 39.3 Å². The van der Waals surface area contributed by atoms with Gasteiger partial charge in [-0.25, -0.2) is 4.79 Å². The van der Waals surface area contributed by atoms with E-state index in [1.165, 1.54) is 0 Å². The molecule has 26 heavy (non-hydrogen) atoms.